The first-order chi connectivity index (χ1) is 14.1. The van der Waals surface area contributed by atoms with Crippen LogP contribution in [0.25, 0.3) is 0 Å². The maximum absolute atomic E-state index is 12.8. The highest BCUT2D eigenvalue weighted by Gasteiger charge is 2.28. The number of benzene rings is 1. The van der Waals surface area contributed by atoms with Crippen molar-refractivity contribution in [2.24, 2.45) is 5.92 Å². The summed E-state index contributed by atoms with van der Waals surface area (Å²) in [5.41, 5.74) is 0.649. The van der Waals surface area contributed by atoms with E-state index in [1.807, 2.05) is 0 Å². The number of amides is 1. The van der Waals surface area contributed by atoms with Gasteiger partial charge in [0.05, 0.1) is 36.5 Å². The van der Waals surface area contributed by atoms with E-state index in [0.717, 1.165) is 25.9 Å². The zero-order valence-corrected chi connectivity index (χ0v) is 16.9. The number of fused-ring (bicyclic) bond motifs is 1. The summed E-state index contributed by atoms with van der Waals surface area (Å²) in [5.74, 6) is 0.481. The minimum atomic E-state index is -0.492. The van der Waals surface area contributed by atoms with Crippen LogP contribution in [-0.2, 0) is 4.74 Å². The molecule has 8 nitrogen and oxygen atoms in total. The van der Waals surface area contributed by atoms with Gasteiger partial charge in [-0.15, -0.1) is 0 Å². The second-order valence-electron chi connectivity index (χ2n) is 7.49. The number of nitrogens with zero attached hydrogens (tertiary/aromatic N) is 2. The highest BCUT2D eigenvalue weighted by molar-refractivity contribution is 5.98. The summed E-state index contributed by atoms with van der Waals surface area (Å²) in [7, 11) is 1.69. The van der Waals surface area contributed by atoms with Crippen molar-refractivity contribution in [1.82, 2.24) is 10.2 Å². The summed E-state index contributed by atoms with van der Waals surface area (Å²) in [6, 6.07) is 5.18. The molecule has 0 aromatic heterocycles. The molecule has 1 amide bonds. The van der Waals surface area contributed by atoms with Gasteiger partial charge in [0, 0.05) is 51.8 Å². The van der Waals surface area contributed by atoms with Crippen molar-refractivity contribution in [3.8, 4) is 17.6 Å². The molecule has 2 heterocycles. The third-order valence-corrected chi connectivity index (χ3v) is 5.37. The summed E-state index contributed by atoms with van der Waals surface area (Å²) < 4.78 is 16.4. The Morgan fingerprint density at radius 3 is 3.00 bits per heavy atom. The Hall–Kier alpha value is -2.34. The molecule has 0 radical (unpaired) electrons. The third-order valence-electron chi connectivity index (χ3n) is 5.37. The Morgan fingerprint density at radius 2 is 2.24 bits per heavy atom. The number of nitriles is 1. The SMILES string of the molecule is COCCCN1CC[C@H](CNC(=O)c2cc(C#N)cc3c2OCCCO3)[C@H](O)C1. The summed E-state index contributed by atoms with van der Waals surface area (Å²) in [4.78, 5) is 15.0. The molecule has 0 aliphatic carbocycles. The maximum Gasteiger partial charge on any atom is 0.255 e. The first-order valence-electron chi connectivity index (χ1n) is 10.1. The van der Waals surface area contributed by atoms with Crippen molar-refractivity contribution in [2.75, 3.05) is 53.1 Å². The largest absolute Gasteiger partial charge is 0.489 e. The van der Waals surface area contributed by atoms with E-state index < -0.39 is 6.10 Å². The number of aliphatic hydroxyl groups excluding tert-OH is 1. The molecule has 1 saturated heterocycles. The van der Waals surface area contributed by atoms with Gasteiger partial charge in [-0.1, -0.05) is 0 Å². The Labute approximate surface area is 171 Å². The molecule has 2 aliphatic heterocycles. The van der Waals surface area contributed by atoms with Crippen molar-refractivity contribution in [3.05, 3.63) is 23.3 Å². The van der Waals surface area contributed by atoms with Crippen LogP contribution in [0.1, 0.15) is 35.2 Å². The fraction of sp³-hybridized carbons (Fsp3) is 0.619. The lowest BCUT2D eigenvalue weighted by Gasteiger charge is -2.36. The smallest absolute Gasteiger partial charge is 0.255 e. The van der Waals surface area contributed by atoms with E-state index in [-0.39, 0.29) is 11.8 Å². The molecule has 3 rings (SSSR count). The molecule has 0 saturated carbocycles. The average Bonchev–Trinajstić information content (AvgIpc) is 2.97. The molecule has 2 aliphatic rings. The monoisotopic (exact) mass is 403 g/mol. The Kier molecular flexibility index (Phi) is 7.69. The molecule has 1 aromatic carbocycles. The average molecular weight is 403 g/mol. The van der Waals surface area contributed by atoms with Gasteiger partial charge in [-0.3, -0.25) is 4.79 Å². The number of nitrogens with one attached hydrogen (secondary N) is 1. The lowest BCUT2D eigenvalue weighted by molar-refractivity contribution is 0.0192. The third kappa shape index (κ3) is 5.60. The molecule has 2 atom stereocenters. The van der Waals surface area contributed by atoms with Gasteiger partial charge in [-0.25, -0.2) is 0 Å². The lowest BCUT2D eigenvalue weighted by atomic mass is 9.93. The second kappa shape index (κ2) is 10.4. The van der Waals surface area contributed by atoms with Crippen LogP contribution in [0.5, 0.6) is 11.5 Å². The molecule has 0 unspecified atom stereocenters. The highest BCUT2D eigenvalue weighted by atomic mass is 16.5. The van der Waals surface area contributed by atoms with Crippen molar-refractivity contribution < 1.29 is 24.1 Å². The van der Waals surface area contributed by atoms with Crippen LogP contribution in [0.15, 0.2) is 12.1 Å². The molecule has 0 spiro atoms. The number of ether oxygens (including phenoxy) is 3. The molecule has 0 bridgehead atoms. The van der Waals surface area contributed by atoms with Crippen molar-refractivity contribution >= 4 is 5.91 Å². The van der Waals surface area contributed by atoms with E-state index in [9.17, 15) is 15.2 Å². The summed E-state index contributed by atoms with van der Waals surface area (Å²) in [5, 5.41) is 22.6. The Bertz CT molecular complexity index is 749. The van der Waals surface area contributed by atoms with Gasteiger partial charge in [0.15, 0.2) is 11.5 Å². The maximum atomic E-state index is 12.8. The summed E-state index contributed by atoms with van der Waals surface area (Å²) in [6.07, 6.45) is 1.97. The quantitative estimate of drug-likeness (QED) is 0.659. The van der Waals surface area contributed by atoms with E-state index in [4.69, 9.17) is 14.2 Å². The Morgan fingerprint density at radius 1 is 1.41 bits per heavy atom. The van der Waals surface area contributed by atoms with Gasteiger partial charge in [0.25, 0.3) is 5.91 Å². The first-order valence-corrected chi connectivity index (χ1v) is 10.1. The van der Waals surface area contributed by atoms with Crippen LogP contribution < -0.4 is 14.8 Å². The summed E-state index contributed by atoms with van der Waals surface area (Å²) in [6.45, 7) is 4.41. The van der Waals surface area contributed by atoms with Crippen LogP contribution in [0.4, 0.5) is 0 Å². The van der Waals surface area contributed by atoms with Crippen LogP contribution in [0.2, 0.25) is 0 Å². The number of methoxy groups -OCH3 is 1. The topological polar surface area (TPSA) is 104 Å². The normalized spacial score (nSPS) is 21.8. The second-order valence-corrected chi connectivity index (χ2v) is 7.49. The number of carbonyl (C=O) groups is 1. The predicted octanol–water partition coefficient (Wildman–Crippen LogP) is 1.17. The number of carbonyl (C=O) groups excluding carboxylic acids is 1. The van der Waals surface area contributed by atoms with E-state index in [1.165, 1.54) is 6.07 Å². The van der Waals surface area contributed by atoms with Gasteiger partial charge in [0.2, 0.25) is 0 Å². The standard InChI is InChI=1S/C21H29N3O5/c1-27-7-2-5-24-6-4-16(18(25)14-24)13-23-21(26)17-10-15(12-22)11-19-20(17)29-9-3-8-28-19/h10-11,16,18,25H,2-9,13-14H2,1H3,(H,23,26)/t16-,18-/m1/s1. The number of likely N-dealkylation sites (tertiary alicyclic amines) is 1. The van der Waals surface area contributed by atoms with Gasteiger partial charge in [-0.05, 0) is 25.5 Å². The number of hydrogen-bond donors (Lipinski definition) is 2. The molecular formula is C21H29N3O5. The van der Waals surface area contributed by atoms with Crippen molar-refractivity contribution in [2.45, 2.75) is 25.4 Å². The fourth-order valence-corrected chi connectivity index (χ4v) is 3.75. The first kappa shape index (κ1) is 21.4. The van der Waals surface area contributed by atoms with E-state index in [0.29, 0.717) is 62.0 Å². The number of piperidine rings is 1. The Balaban J connectivity index is 1.59. The van der Waals surface area contributed by atoms with E-state index in [2.05, 4.69) is 16.3 Å². The fourth-order valence-electron chi connectivity index (χ4n) is 3.75. The zero-order chi connectivity index (χ0) is 20.6. The molecule has 8 heteroatoms. The minimum Gasteiger partial charge on any atom is -0.489 e. The van der Waals surface area contributed by atoms with Gasteiger partial charge in [-0.2, -0.15) is 5.26 Å². The number of rotatable bonds is 7. The van der Waals surface area contributed by atoms with E-state index in [1.54, 1.807) is 13.2 Å². The van der Waals surface area contributed by atoms with Crippen molar-refractivity contribution in [3.63, 3.8) is 0 Å². The van der Waals surface area contributed by atoms with Gasteiger partial charge < -0.3 is 29.5 Å². The highest BCUT2D eigenvalue weighted by Crippen LogP contribution is 2.35. The molecule has 2 N–H and O–H groups in total. The minimum absolute atomic E-state index is 0.00690. The van der Waals surface area contributed by atoms with Crippen LogP contribution in [-0.4, -0.2) is 75.1 Å². The number of aliphatic hydroxyl groups is 1. The zero-order valence-electron chi connectivity index (χ0n) is 16.9. The van der Waals surface area contributed by atoms with Crippen LogP contribution in [0.3, 0.4) is 0 Å². The van der Waals surface area contributed by atoms with Crippen LogP contribution in [0, 0.1) is 17.2 Å². The molecule has 1 aromatic rings. The number of hydrogen-bond acceptors (Lipinski definition) is 7. The molecular weight excluding hydrogens is 374 g/mol. The molecule has 29 heavy (non-hydrogen) atoms. The van der Waals surface area contributed by atoms with Crippen LogP contribution >= 0.6 is 0 Å². The molecule has 1 fully saturated rings. The van der Waals surface area contributed by atoms with Crippen molar-refractivity contribution in [1.29, 1.82) is 5.26 Å². The lowest BCUT2D eigenvalue weighted by Crippen LogP contribution is -2.48. The molecule has 158 valence electrons. The van der Waals surface area contributed by atoms with E-state index >= 15 is 0 Å². The number of β-amino-alcohol motifs (C(OH)–C–C–N with tert-alkyl or cyclic N) is 1. The van der Waals surface area contributed by atoms with Gasteiger partial charge >= 0.3 is 0 Å². The van der Waals surface area contributed by atoms with Gasteiger partial charge in [0.1, 0.15) is 0 Å². The summed E-state index contributed by atoms with van der Waals surface area (Å²) >= 11 is 0. The predicted molar refractivity (Wildman–Crippen MR) is 106 cm³/mol.